The van der Waals surface area contributed by atoms with Crippen LogP contribution >= 0.6 is 0 Å². The number of nitrogens with zero attached hydrogens (tertiary/aromatic N) is 2. The van der Waals surface area contributed by atoms with Crippen molar-refractivity contribution in [3.8, 4) is 11.1 Å². The minimum Gasteiger partial charge on any atom is -0.481 e. The molecule has 1 heterocycles. The van der Waals surface area contributed by atoms with Crippen LogP contribution in [-0.2, 0) is 9.53 Å². The normalized spacial score (nSPS) is 19.4. The highest BCUT2D eigenvalue weighted by atomic mass is 19.3. The number of aromatic nitrogens is 3. The van der Waals surface area contributed by atoms with E-state index >= 15 is 0 Å². The lowest BCUT2D eigenvalue weighted by molar-refractivity contribution is -0.140. The fraction of sp³-hybridized carbons (Fsp3) is 0.261. The topological polar surface area (TPSA) is 146 Å². The fourth-order valence-electron chi connectivity index (χ4n) is 4.41. The van der Waals surface area contributed by atoms with Crippen LogP contribution in [0.5, 0.6) is 0 Å². The number of hydrogen-bond acceptors (Lipinski definition) is 6. The number of hydrogen-bond donors (Lipinski definition) is 4. The SMILES string of the molecule is O=C(Nc1n[nH]c(C(=O)NCC2C(C(=O)O)C2(F)F)n1)OCC1c2ccccc2-c2ccccc21. The number of amides is 2. The second-order valence-electron chi connectivity index (χ2n) is 8.27. The molecule has 2 unspecified atom stereocenters. The Bertz CT molecular complexity index is 1280. The standard InChI is InChI=1S/C23H19F2N5O5/c24-23(25)16(17(23)20(32)33)9-26-19(31)18-27-21(30-29-18)28-22(34)35-10-15-13-7-3-1-5-11(13)12-6-2-4-8-14(12)15/h1-8,15-17H,9-10H2,(H,26,31)(H,32,33)(H2,27,28,29,30,34). The van der Waals surface area contributed by atoms with Crippen LogP contribution in [0.3, 0.4) is 0 Å². The van der Waals surface area contributed by atoms with E-state index in [-0.39, 0.29) is 24.3 Å². The van der Waals surface area contributed by atoms with Crippen LogP contribution in [0.15, 0.2) is 48.5 Å². The second kappa shape index (κ2) is 8.46. The zero-order chi connectivity index (χ0) is 24.7. The maximum atomic E-state index is 13.4. The summed E-state index contributed by atoms with van der Waals surface area (Å²) in [6.45, 7) is -0.476. The van der Waals surface area contributed by atoms with E-state index in [2.05, 4.69) is 25.8 Å². The van der Waals surface area contributed by atoms with E-state index < -0.39 is 42.3 Å². The zero-order valence-electron chi connectivity index (χ0n) is 18.0. The Morgan fingerprint density at radius 2 is 1.69 bits per heavy atom. The maximum absolute atomic E-state index is 13.4. The molecule has 12 heteroatoms. The molecule has 10 nitrogen and oxygen atoms in total. The van der Waals surface area contributed by atoms with Crippen molar-refractivity contribution in [1.29, 1.82) is 0 Å². The molecule has 0 bridgehead atoms. The number of H-pyrrole nitrogens is 1. The van der Waals surface area contributed by atoms with Crippen molar-refractivity contribution in [3.05, 3.63) is 65.5 Å². The van der Waals surface area contributed by atoms with Gasteiger partial charge < -0.3 is 15.2 Å². The first kappa shape index (κ1) is 22.4. The van der Waals surface area contributed by atoms with E-state index in [0.29, 0.717) is 0 Å². The summed E-state index contributed by atoms with van der Waals surface area (Å²) in [5.41, 5.74) is 4.26. The van der Waals surface area contributed by atoms with Crippen LogP contribution in [0.2, 0.25) is 0 Å². The van der Waals surface area contributed by atoms with Gasteiger partial charge in [-0.2, -0.15) is 4.98 Å². The van der Waals surface area contributed by atoms with Crippen LogP contribution < -0.4 is 10.6 Å². The smallest absolute Gasteiger partial charge is 0.414 e. The van der Waals surface area contributed by atoms with Crippen LogP contribution in [0.4, 0.5) is 19.5 Å². The van der Waals surface area contributed by atoms with Crippen molar-refractivity contribution in [2.24, 2.45) is 11.8 Å². The first-order valence-electron chi connectivity index (χ1n) is 10.7. The third-order valence-electron chi connectivity index (χ3n) is 6.21. The number of halogens is 2. The molecule has 2 amide bonds. The molecule has 0 radical (unpaired) electrons. The highest BCUT2D eigenvalue weighted by Gasteiger charge is 2.72. The maximum Gasteiger partial charge on any atom is 0.414 e. The number of ether oxygens (including phenoxy) is 1. The molecule has 2 atom stereocenters. The fourth-order valence-corrected chi connectivity index (χ4v) is 4.41. The lowest BCUT2D eigenvalue weighted by Gasteiger charge is -2.13. The summed E-state index contributed by atoms with van der Waals surface area (Å²) in [5, 5.41) is 19.2. The number of carbonyl (C=O) groups excluding carboxylic acids is 2. The summed E-state index contributed by atoms with van der Waals surface area (Å²) >= 11 is 0. The van der Waals surface area contributed by atoms with Crippen molar-refractivity contribution in [2.75, 3.05) is 18.5 Å². The monoisotopic (exact) mass is 483 g/mol. The van der Waals surface area contributed by atoms with Crippen molar-refractivity contribution in [2.45, 2.75) is 11.8 Å². The number of carboxylic acids is 1. The first-order chi connectivity index (χ1) is 16.8. The van der Waals surface area contributed by atoms with E-state index in [1.54, 1.807) is 0 Å². The van der Waals surface area contributed by atoms with Gasteiger partial charge >= 0.3 is 12.1 Å². The van der Waals surface area contributed by atoms with Crippen molar-refractivity contribution in [1.82, 2.24) is 20.5 Å². The van der Waals surface area contributed by atoms with Crippen molar-refractivity contribution in [3.63, 3.8) is 0 Å². The summed E-state index contributed by atoms with van der Waals surface area (Å²) in [6, 6.07) is 15.7. The Balaban J connectivity index is 1.15. The Kier molecular flexibility index (Phi) is 5.42. The Morgan fingerprint density at radius 1 is 1.06 bits per heavy atom. The molecule has 0 aliphatic heterocycles. The number of carbonyl (C=O) groups is 3. The van der Waals surface area contributed by atoms with Gasteiger partial charge in [-0.3, -0.25) is 20.0 Å². The molecule has 5 rings (SSSR count). The Hall–Kier alpha value is -4.35. The molecular formula is C23H19F2N5O5. The largest absolute Gasteiger partial charge is 0.481 e. The molecule has 1 saturated carbocycles. The van der Waals surface area contributed by atoms with Crippen LogP contribution in [0.25, 0.3) is 11.1 Å². The summed E-state index contributed by atoms with van der Waals surface area (Å²) in [6.07, 6.45) is -0.834. The molecule has 0 saturated heterocycles. The van der Waals surface area contributed by atoms with Gasteiger partial charge in [-0.1, -0.05) is 48.5 Å². The van der Waals surface area contributed by atoms with Gasteiger partial charge in [0.25, 0.3) is 17.8 Å². The Labute approximate surface area is 196 Å². The molecule has 4 N–H and O–H groups in total. The summed E-state index contributed by atoms with van der Waals surface area (Å²) in [7, 11) is 0. The van der Waals surface area contributed by atoms with Crippen molar-refractivity contribution < 1.29 is 33.0 Å². The minimum absolute atomic E-state index is 0.0674. The number of aliphatic carboxylic acids is 1. The zero-order valence-corrected chi connectivity index (χ0v) is 18.0. The highest BCUT2D eigenvalue weighted by molar-refractivity contribution is 5.91. The summed E-state index contributed by atoms with van der Waals surface area (Å²) < 4.78 is 32.2. The predicted octanol–water partition coefficient (Wildman–Crippen LogP) is 2.86. The molecule has 35 heavy (non-hydrogen) atoms. The molecule has 2 aliphatic rings. The predicted molar refractivity (Wildman–Crippen MR) is 117 cm³/mol. The summed E-state index contributed by atoms with van der Waals surface area (Å²) in [5.74, 6) is -9.92. The molecular weight excluding hydrogens is 464 g/mol. The molecule has 3 aromatic rings. The van der Waals surface area contributed by atoms with E-state index in [4.69, 9.17) is 9.84 Å². The van der Waals surface area contributed by atoms with E-state index in [1.165, 1.54) is 0 Å². The molecule has 0 spiro atoms. The van der Waals surface area contributed by atoms with E-state index in [0.717, 1.165) is 22.3 Å². The molecule has 1 fully saturated rings. The quantitative estimate of drug-likeness (QED) is 0.404. The molecule has 2 aromatic carbocycles. The molecule has 180 valence electrons. The van der Waals surface area contributed by atoms with E-state index in [9.17, 15) is 23.2 Å². The van der Waals surface area contributed by atoms with Gasteiger partial charge in [-0.15, -0.1) is 5.10 Å². The number of nitrogens with one attached hydrogen (secondary N) is 3. The third kappa shape index (κ3) is 4.07. The third-order valence-corrected chi connectivity index (χ3v) is 6.21. The number of rotatable bonds is 7. The summed E-state index contributed by atoms with van der Waals surface area (Å²) in [4.78, 5) is 39.0. The lowest BCUT2D eigenvalue weighted by atomic mass is 9.98. The number of fused-ring (bicyclic) bond motifs is 3. The second-order valence-corrected chi connectivity index (χ2v) is 8.27. The average molecular weight is 483 g/mol. The van der Waals surface area contributed by atoms with Gasteiger partial charge in [0.05, 0.1) is 5.92 Å². The van der Waals surface area contributed by atoms with E-state index in [1.807, 2.05) is 48.5 Å². The van der Waals surface area contributed by atoms with Crippen LogP contribution in [0, 0.1) is 11.8 Å². The minimum atomic E-state index is -3.38. The molecule has 2 aliphatic carbocycles. The highest BCUT2D eigenvalue weighted by Crippen LogP contribution is 2.54. The van der Waals surface area contributed by atoms with Gasteiger partial charge in [0.2, 0.25) is 5.82 Å². The molecule has 1 aromatic heterocycles. The number of alkyl halides is 2. The van der Waals surface area contributed by atoms with Gasteiger partial charge in [0.15, 0.2) is 0 Å². The first-order valence-corrected chi connectivity index (χ1v) is 10.7. The Morgan fingerprint density at radius 3 is 2.29 bits per heavy atom. The van der Waals surface area contributed by atoms with Gasteiger partial charge in [0.1, 0.15) is 12.5 Å². The van der Waals surface area contributed by atoms with Crippen LogP contribution in [0.1, 0.15) is 27.7 Å². The van der Waals surface area contributed by atoms with Gasteiger partial charge in [0, 0.05) is 12.5 Å². The lowest BCUT2D eigenvalue weighted by Crippen LogP contribution is -2.28. The number of anilines is 1. The average Bonchev–Trinajstić information content (AvgIpc) is 3.13. The van der Waals surface area contributed by atoms with Crippen LogP contribution in [-0.4, -0.2) is 57.3 Å². The number of carboxylic acid groups (broad SMARTS) is 1. The number of aromatic amines is 1. The van der Waals surface area contributed by atoms with Gasteiger partial charge in [-0.05, 0) is 22.3 Å². The van der Waals surface area contributed by atoms with Gasteiger partial charge in [-0.25, -0.2) is 13.6 Å². The van der Waals surface area contributed by atoms with Crippen molar-refractivity contribution >= 4 is 23.9 Å². The number of benzene rings is 2.